The summed E-state index contributed by atoms with van der Waals surface area (Å²) in [6, 6.07) is 5.23. The van der Waals surface area contributed by atoms with Gasteiger partial charge >= 0.3 is 0 Å². The van der Waals surface area contributed by atoms with E-state index in [4.69, 9.17) is 0 Å². The molecule has 58 valence electrons. The van der Waals surface area contributed by atoms with Gasteiger partial charge in [-0.25, -0.2) is 4.39 Å². The van der Waals surface area contributed by atoms with Crippen molar-refractivity contribution >= 4 is 12.6 Å². The van der Waals surface area contributed by atoms with Crippen molar-refractivity contribution < 1.29 is 4.39 Å². The molecule has 1 aromatic carbocycles. The first kappa shape index (κ1) is 7.17. The zero-order chi connectivity index (χ0) is 7.84. The van der Waals surface area contributed by atoms with Crippen LogP contribution in [0.1, 0.15) is 22.8 Å². The van der Waals surface area contributed by atoms with Crippen molar-refractivity contribution in [1.82, 2.24) is 0 Å². The second kappa shape index (κ2) is 2.52. The third-order valence-corrected chi connectivity index (χ3v) is 2.72. The van der Waals surface area contributed by atoms with Gasteiger partial charge in [-0.15, -0.1) is 0 Å². The normalized spacial score (nSPS) is 21.8. The summed E-state index contributed by atoms with van der Waals surface area (Å²) in [5.41, 5.74) is 1.95. The Labute approximate surface area is 70.8 Å². The summed E-state index contributed by atoms with van der Waals surface area (Å²) in [7, 11) is 0. The third-order valence-electron chi connectivity index (χ3n) is 2.18. The summed E-state index contributed by atoms with van der Waals surface area (Å²) in [4.78, 5) is 0. The van der Waals surface area contributed by atoms with Gasteiger partial charge in [0, 0.05) is 5.25 Å². The molecule has 0 heterocycles. The van der Waals surface area contributed by atoms with E-state index in [1.165, 1.54) is 6.07 Å². The molecule has 0 fully saturated rings. The number of hydrogen-bond acceptors (Lipinski definition) is 1. The predicted octanol–water partition coefficient (Wildman–Crippen LogP) is 2.74. The average molecular weight is 168 g/mol. The number of rotatable bonds is 0. The standard InChI is InChI=1S/C9H9FS/c10-8-3-1-2-7-6(8)4-5-9(7)11/h1-3,9,11H,4-5H2. The Morgan fingerprint density at radius 3 is 3.00 bits per heavy atom. The number of benzene rings is 1. The van der Waals surface area contributed by atoms with Crippen molar-refractivity contribution in [3.05, 3.63) is 35.1 Å². The van der Waals surface area contributed by atoms with Crippen molar-refractivity contribution in [2.24, 2.45) is 0 Å². The smallest absolute Gasteiger partial charge is 0.126 e. The second-order valence-corrected chi connectivity index (χ2v) is 3.49. The Bertz CT molecular complexity index is 283. The zero-order valence-corrected chi connectivity index (χ0v) is 6.94. The highest BCUT2D eigenvalue weighted by molar-refractivity contribution is 7.80. The fourth-order valence-electron chi connectivity index (χ4n) is 1.59. The minimum absolute atomic E-state index is 0.0703. The SMILES string of the molecule is Fc1cccc2c1CCC2S. The number of halogens is 1. The van der Waals surface area contributed by atoms with Gasteiger partial charge < -0.3 is 0 Å². The Balaban J connectivity index is 2.57. The number of fused-ring (bicyclic) bond motifs is 1. The van der Waals surface area contributed by atoms with Crippen LogP contribution in [0.3, 0.4) is 0 Å². The average Bonchev–Trinajstić information content (AvgIpc) is 2.35. The van der Waals surface area contributed by atoms with E-state index >= 15 is 0 Å². The molecule has 1 aliphatic rings. The molecule has 0 radical (unpaired) electrons. The Hall–Kier alpha value is -0.500. The highest BCUT2D eigenvalue weighted by Crippen LogP contribution is 2.36. The van der Waals surface area contributed by atoms with Crippen LogP contribution < -0.4 is 0 Å². The van der Waals surface area contributed by atoms with E-state index in [2.05, 4.69) is 12.6 Å². The maximum absolute atomic E-state index is 13.0. The van der Waals surface area contributed by atoms with Crippen molar-refractivity contribution in [1.29, 1.82) is 0 Å². The Kier molecular flexibility index (Phi) is 1.64. The predicted molar refractivity (Wildman–Crippen MR) is 46.4 cm³/mol. The van der Waals surface area contributed by atoms with E-state index in [0.717, 1.165) is 24.0 Å². The number of hydrogen-bond donors (Lipinski definition) is 1. The van der Waals surface area contributed by atoms with Crippen molar-refractivity contribution in [3.63, 3.8) is 0 Å². The minimum Gasteiger partial charge on any atom is -0.207 e. The lowest BCUT2D eigenvalue weighted by atomic mass is 10.1. The molecule has 0 aromatic heterocycles. The van der Waals surface area contributed by atoms with Gasteiger partial charge in [0.15, 0.2) is 0 Å². The highest BCUT2D eigenvalue weighted by Gasteiger charge is 2.21. The van der Waals surface area contributed by atoms with Crippen LogP contribution in [0.15, 0.2) is 18.2 Å². The molecule has 0 nitrogen and oxygen atoms in total. The lowest BCUT2D eigenvalue weighted by Crippen LogP contribution is -1.87. The first-order valence-corrected chi connectivity index (χ1v) is 4.26. The molecule has 0 aliphatic heterocycles. The molecular weight excluding hydrogens is 159 g/mol. The quantitative estimate of drug-likeness (QED) is 0.566. The summed E-state index contributed by atoms with van der Waals surface area (Å²) < 4.78 is 13.0. The Morgan fingerprint density at radius 1 is 1.45 bits per heavy atom. The van der Waals surface area contributed by atoms with Crippen molar-refractivity contribution in [2.75, 3.05) is 0 Å². The maximum Gasteiger partial charge on any atom is 0.126 e. The van der Waals surface area contributed by atoms with E-state index in [1.54, 1.807) is 6.07 Å². The fraction of sp³-hybridized carbons (Fsp3) is 0.333. The fourth-order valence-corrected chi connectivity index (χ4v) is 1.96. The first-order chi connectivity index (χ1) is 5.29. The van der Waals surface area contributed by atoms with E-state index in [0.29, 0.717) is 0 Å². The largest absolute Gasteiger partial charge is 0.207 e. The molecule has 1 atom stereocenters. The summed E-state index contributed by atoms with van der Waals surface area (Å²) >= 11 is 4.35. The molecule has 0 bridgehead atoms. The van der Waals surface area contributed by atoms with Crippen LogP contribution in [-0.4, -0.2) is 0 Å². The summed E-state index contributed by atoms with van der Waals surface area (Å²) in [5.74, 6) is -0.0703. The maximum atomic E-state index is 13.0. The molecule has 0 spiro atoms. The topological polar surface area (TPSA) is 0 Å². The number of thiol groups is 1. The van der Waals surface area contributed by atoms with Crippen LogP contribution in [0.5, 0.6) is 0 Å². The molecule has 0 amide bonds. The molecular formula is C9H9FS. The van der Waals surface area contributed by atoms with E-state index < -0.39 is 0 Å². The van der Waals surface area contributed by atoms with Gasteiger partial charge in [0.05, 0.1) is 0 Å². The molecule has 0 N–H and O–H groups in total. The summed E-state index contributed by atoms with van der Waals surface area (Å²) in [6.07, 6.45) is 1.82. The van der Waals surface area contributed by atoms with Crippen molar-refractivity contribution in [3.8, 4) is 0 Å². The molecule has 2 heteroatoms. The van der Waals surface area contributed by atoms with E-state index in [9.17, 15) is 4.39 Å². The molecule has 1 unspecified atom stereocenters. The highest BCUT2D eigenvalue weighted by atomic mass is 32.1. The first-order valence-electron chi connectivity index (χ1n) is 3.74. The van der Waals surface area contributed by atoms with E-state index in [1.807, 2.05) is 6.07 Å². The van der Waals surface area contributed by atoms with Crippen LogP contribution in [0, 0.1) is 5.82 Å². The van der Waals surface area contributed by atoms with Gasteiger partial charge in [0.1, 0.15) is 5.82 Å². The third kappa shape index (κ3) is 1.06. The van der Waals surface area contributed by atoms with Crippen LogP contribution >= 0.6 is 12.6 Å². The second-order valence-electron chi connectivity index (χ2n) is 2.86. The summed E-state index contributed by atoms with van der Waals surface area (Å²) in [6.45, 7) is 0. The van der Waals surface area contributed by atoms with Crippen LogP contribution in [0.2, 0.25) is 0 Å². The van der Waals surface area contributed by atoms with Gasteiger partial charge in [-0.3, -0.25) is 0 Å². The van der Waals surface area contributed by atoms with Crippen LogP contribution in [-0.2, 0) is 6.42 Å². The molecule has 0 saturated heterocycles. The molecule has 11 heavy (non-hydrogen) atoms. The van der Waals surface area contributed by atoms with Gasteiger partial charge in [-0.1, -0.05) is 12.1 Å². The van der Waals surface area contributed by atoms with Gasteiger partial charge in [0.25, 0.3) is 0 Å². The molecule has 0 saturated carbocycles. The van der Waals surface area contributed by atoms with Gasteiger partial charge in [0.2, 0.25) is 0 Å². The van der Waals surface area contributed by atoms with E-state index in [-0.39, 0.29) is 11.1 Å². The van der Waals surface area contributed by atoms with Crippen molar-refractivity contribution in [2.45, 2.75) is 18.1 Å². The minimum atomic E-state index is -0.0703. The molecule has 1 aliphatic carbocycles. The molecule has 1 aromatic rings. The Morgan fingerprint density at radius 2 is 2.27 bits per heavy atom. The zero-order valence-electron chi connectivity index (χ0n) is 6.05. The van der Waals surface area contributed by atoms with Gasteiger partial charge in [-0.2, -0.15) is 12.6 Å². The van der Waals surface area contributed by atoms with Gasteiger partial charge in [-0.05, 0) is 30.0 Å². The summed E-state index contributed by atoms with van der Waals surface area (Å²) in [5, 5.41) is 0.251. The monoisotopic (exact) mass is 168 g/mol. The lowest BCUT2D eigenvalue weighted by Gasteiger charge is -2.02. The lowest BCUT2D eigenvalue weighted by molar-refractivity contribution is 0.613. The molecule has 2 rings (SSSR count). The van der Waals surface area contributed by atoms with Crippen LogP contribution in [0.25, 0.3) is 0 Å². The van der Waals surface area contributed by atoms with Crippen LogP contribution in [0.4, 0.5) is 4.39 Å².